The molecule has 100 valence electrons. The third-order valence-electron chi connectivity index (χ3n) is 3.18. The second kappa shape index (κ2) is 5.70. The molecule has 0 amide bonds. The van der Waals surface area contributed by atoms with Gasteiger partial charge in [0.15, 0.2) is 18.9 Å². The zero-order valence-corrected chi connectivity index (χ0v) is 11.0. The molecule has 0 unspecified atom stereocenters. The van der Waals surface area contributed by atoms with Crippen LogP contribution in [-0.2, 0) is 6.54 Å². The zero-order valence-electron chi connectivity index (χ0n) is 11.0. The molecule has 0 fully saturated rings. The Hall–Kier alpha value is -2.42. The summed E-state index contributed by atoms with van der Waals surface area (Å²) in [6, 6.07) is 16.4. The van der Waals surface area contributed by atoms with E-state index in [4.69, 9.17) is 4.74 Å². The van der Waals surface area contributed by atoms with Crippen molar-refractivity contribution in [2.75, 3.05) is 6.61 Å². The second-order valence-electron chi connectivity index (χ2n) is 4.61. The van der Waals surface area contributed by atoms with Crippen LogP contribution < -0.4 is 9.30 Å². The van der Waals surface area contributed by atoms with Gasteiger partial charge in [0.25, 0.3) is 0 Å². The van der Waals surface area contributed by atoms with Crippen LogP contribution in [0, 0.1) is 5.82 Å². The van der Waals surface area contributed by atoms with Crippen molar-refractivity contribution in [2.24, 2.45) is 0 Å². The van der Waals surface area contributed by atoms with Crippen LogP contribution in [0.3, 0.4) is 0 Å². The van der Waals surface area contributed by atoms with Crippen molar-refractivity contribution in [2.45, 2.75) is 6.54 Å². The van der Waals surface area contributed by atoms with Gasteiger partial charge in [0.05, 0.1) is 0 Å². The number of ether oxygens (including phenoxy) is 1. The van der Waals surface area contributed by atoms with Crippen LogP contribution >= 0.6 is 0 Å². The molecule has 20 heavy (non-hydrogen) atoms. The van der Waals surface area contributed by atoms with Gasteiger partial charge in [-0.05, 0) is 35.7 Å². The molecule has 0 aliphatic carbocycles. The Morgan fingerprint density at radius 3 is 2.45 bits per heavy atom. The van der Waals surface area contributed by atoms with Gasteiger partial charge >= 0.3 is 0 Å². The number of rotatable bonds is 4. The SMILES string of the molecule is Fc1ccc(OCC[n+]2ccc3ccccc3c2)cc1. The van der Waals surface area contributed by atoms with Crippen molar-refractivity contribution in [3.05, 3.63) is 72.8 Å². The predicted molar refractivity (Wildman–Crippen MR) is 76.0 cm³/mol. The molecule has 0 radical (unpaired) electrons. The maximum atomic E-state index is 12.8. The first-order chi connectivity index (χ1) is 9.81. The van der Waals surface area contributed by atoms with Gasteiger partial charge in [-0.2, -0.15) is 0 Å². The van der Waals surface area contributed by atoms with Crippen molar-refractivity contribution in [1.29, 1.82) is 0 Å². The Labute approximate surface area is 117 Å². The maximum absolute atomic E-state index is 12.8. The average molecular weight is 268 g/mol. The molecule has 0 aliphatic heterocycles. The Kier molecular flexibility index (Phi) is 3.59. The molecule has 0 spiro atoms. The largest absolute Gasteiger partial charge is 0.487 e. The average Bonchev–Trinajstić information content (AvgIpc) is 2.49. The summed E-state index contributed by atoms with van der Waals surface area (Å²) < 4.78 is 20.4. The van der Waals surface area contributed by atoms with Gasteiger partial charge in [0, 0.05) is 11.5 Å². The first-order valence-electron chi connectivity index (χ1n) is 6.57. The van der Waals surface area contributed by atoms with Crippen molar-refractivity contribution in [1.82, 2.24) is 0 Å². The van der Waals surface area contributed by atoms with Crippen LogP contribution in [0.5, 0.6) is 5.75 Å². The molecule has 2 aromatic carbocycles. The van der Waals surface area contributed by atoms with Crippen LogP contribution in [-0.4, -0.2) is 6.61 Å². The molecule has 3 heteroatoms. The van der Waals surface area contributed by atoms with E-state index in [9.17, 15) is 4.39 Å². The monoisotopic (exact) mass is 268 g/mol. The molecule has 0 N–H and O–H groups in total. The summed E-state index contributed by atoms with van der Waals surface area (Å²) in [6.07, 6.45) is 4.14. The molecule has 0 saturated carbocycles. The molecule has 0 bridgehead atoms. The Balaban J connectivity index is 1.63. The highest BCUT2D eigenvalue weighted by atomic mass is 19.1. The van der Waals surface area contributed by atoms with Crippen LogP contribution in [0.1, 0.15) is 0 Å². The molecule has 1 aromatic heterocycles. The van der Waals surface area contributed by atoms with Crippen LogP contribution in [0.2, 0.25) is 0 Å². The van der Waals surface area contributed by atoms with Gasteiger partial charge < -0.3 is 4.74 Å². The van der Waals surface area contributed by atoms with Gasteiger partial charge in [0.2, 0.25) is 0 Å². The number of hydrogen-bond donors (Lipinski definition) is 0. The predicted octanol–water partition coefficient (Wildman–Crippen LogP) is 3.35. The van der Waals surface area contributed by atoms with Gasteiger partial charge in [0.1, 0.15) is 18.2 Å². The standard InChI is InChI=1S/C17H15FNO/c18-16-5-7-17(8-6-16)20-12-11-19-10-9-14-3-1-2-4-15(14)13-19/h1-10,13H,11-12H2/q+1. The lowest BCUT2D eigenvalue weighted by Gasteiger charge is -2.04. The number of halogens is 1. The first kappa shape index (κ1) is 12.6. The molecule has 1 heterocycles. The summed E-state index contributed by atoms with van der Waals surface area (Å²) in [6.45, 7) is 1.30. The summed E-state index contributed by atoms with van der Waals surface area (Å²) >= 11 is 0. The minimum Gasteiger partial charge on any atom is -0.487 e. The fraction of sp³-hybridized carbons (Fsp3) is 0.118. The van der Waals surface area contributed by atoms with E-state index in [1.165, 1.54) is 22.9 Å². The quantitative estimate of drug-likeness (QED) is 0.661. The topological polar surface area (TPSA) is 13.1 Å². The lowest BCUT2D eigenvalue weighted by molar-refractivity contribution is -0.696. The third kappa shape index (κ3) is 2.94. The number of fused-ring (bicyclic) bond motifs is 1. The highest BCUT2D eigenvalue weighted by Crippen LogP contribution is 2.11. The van der Waals surface area contributed by atoms with E-state index in [2.05, 4.69) is 29.0 Å². The van der Waals surface area contributed by atoms with Crippen molar-refractivity contribution < 1.29 is 13.7 Å². The Morgan fingerprint density at radius 2 is 1.65 bits per heavy atom. The van der Waals surface area contributed by atoms with E-state index in [1.807, 2.05) is 18.3 Å². The summed E-state index contributed by atoms with van der Waals surface area (Å²) in [5.41, 5.74) is 0. The highest BCUT2D eigenvalue weighted by molar-refractivity contribution is 5.80. The number of pyridine rings is 1. The molecule has 0 aliphatic rings. The van der Waals surface area contributed by atoms with Crippen molar-refractivity contribution in [3.8, 4) is 5.75 Å². The van der Waals surface area contributed by atoms with E-state index in [1.54, 1.807) is 12.1 Å². The number of nitrogens with zero attached hydrogens (tertiary/aromatic N) is 1. The molecule has 0 atom stereocenters. The highest BCUT2D eigenvalue weighted by Gasteiger charge is 2.03. The van der Waals surface area contributed by atoms with Crippen LogP contribution in [0.25, 0.3) is 10.8 Å². The van der Waals surface area contributed by atoms with Crippen molar-refractivity contribution >= 4 is 10.8 Å². The van der Waals surface area contributed by atoms with E-state index in [-0.39, 0.29) is 5.82 Å². The van der Waals surface area contributed by atoms with Gasteiger partial charge in [-0.1, -0.05) is 18.2 Å². The smallest absolute Gasteiger partial charge is 0.182 e. The summed E-state index contributed by atoms with van der Waals surface area (Å²) in [7, 11) is 0. The maximum Gasteiger partial charge on any atom is 0.182 e. The lowest BCUT2D eigenvalue weighted by Crippen LogP contribution is -2.35. The van der Waals surface area contributed by atoms with Crippen LogP contribution in [0.15, 0.2) is 67.0 Å². The minimum atomic E-state index is -0.249. The Morgan fingerprint density at radius 1 is 0.900 bits per heavy atom. The summed E-state index contributed by atoms with van der Waals surface area (Å²) in [5.74, 6) is 0.439. The minimum absolute atomic E-state index is 0.249. The molecule has 2 nitrogen and oxygen atoms in total. The molecular weight excluding hydrogens is 253 g/mol. The third-order valence-corrected chi connectivity index (χ3v) is 3.18. The van der Waals surface area contributed by atoms with E-state index >= 15 is 0 Å². The Bertz CT molecular complexity index is 710. The van der Waals surface area contributed by atoms with Gasteiger partial charge in [-0.3, -0.25) is 0 Å². The van der Waals surface area contributed by atoms with Gasteiger partial charge in [-0.15, -0.1) is 0 Å². The van der Waals surface area contributed by atoms with Gasteiger partial charge in [-0.25, -0.2) is 8.96 Å². The van der Waals surface area contributed by atoms with Crippen molar-refractivity contribution in [3.63, 3.8) is 0 Å². The first-order valence-corrected chi connectivity index (χ1v) is 6.57. The molecule has 3 aromatic rings. The zero-order chi connectivity index (χ0) is 13.8. The molecule has 3 rings (SSSR count). The normalized spacial score (nSPS) is 10.7. The number of hydrogen-bond acceptors (Lipinski definition) is 1. The van der Waals surface area contributed by atoms with E-state index in [0.29, 0.717) is 12.4 Å². The second-order valence-corrected chi connectivity index (χ2v) is 4.61. The summed E-state index contributed by atoms with van der Waals surface area (Å²) in [4.78, 5) is 0. The van der Waals surface area contributed by atoms with E-state index < -0.39 is 0 Å². The fourth-order valence-corrected chi connectivity index (χ4v) is 2.12. The molecule has 0 saturated heterocycles. The molecular formula is C17H15FNO+. The summed E-state index contributed by atoms with van der Waals surface area (Å²) in [5, 5.41) is 2.43. The van der Waals surface area contributed by atoms with E-state index in [0.717, 1.165) is 6.54 Å². The van der Waals surface area contributed by atoms with Crippen LogP contribution in [0.4, 0.5) is 4.39 Å². The number of aromatic nitrogens is 1. The lowest BCUT2D eigenvalue weighted by atomic mass is 10.2. The number of benzene rings is 2. The fourth-order valence-electron chi connectivity index (χ4n) is 2.12.